The van der Waals surface area contributed by atoms with Crippen LogP contribution in [0.25, 0.3) is 0 Å². The van der Waals surface area contributed by atoms with Gasteiger partial charge >= 0.3 is 0 Å². The first-order chi connectivity index (χ1) is 9.11. The van der Waals surface area contributed by atoms with Crippen LogP contribution in [0.2, 0.25) is 0 Å². The summed E-state index contributed by atoms with van der Waals surface area (Å²) in [5, 5.41) is 19.8. The van der Waals surface area contributed by atoms with Crippen LogP contribution in [-0.4, -0.2) is 40.9 Å². The molecule has 0 bridgehead atoms. The lowest BCUT2D eigenvalue weighted by Gasteiger charge is -2.40. The monoisotopic (exact) mass is 327 g/mol. The van der Waals surface area contributed by atoms with Gasteiger partial charge in [-0.05, 0) is 43.0 Å². The van der Waals surface area contributed by atoms with Gasteiger partial charge in [0.15, 0.2) is 0 Å². The van der Waals surface area contributed by atoms with Gasteiger partial charge in [0.1, 0.15) is 0 Å². The molecular formula is C15H22BrNO2. The lowest BCUT2D eigenvalue weighted by Crippen LogP contribution is -2.48. The highest BCUT2D eigenvalue weighted by molar-refractivity contribution is 9.10. The number of piperidine rings is 1. The number of aliphatic hydroxyl groups excluding tert-OH is 2. The van der Waals surface area contributed by atoms with Crippen LogP contribution in [0.3, 0.4) is 0 Å². The molecule has 0 radical (unpaired) electrons. The molecule has 3 atom stereocenters. The van der Waals surface area contributed by atoms with E-state index in [1.165, 1.54) is 0 Å². The van der Waals surface area contributed by atoms with E-state index in [9.17, 15) is 10.2 Å². The number of likely N-dealkylation sites (tertiary alicyclic amines) is 1. The van der Waals surface area contributed by atoms with Crippen molar-refractivity contribution in [3.8, 4) is 0 Å². The average Bonchev–Trinajstić information content (AvgIpc) is 2.39. The van der Waals surface area contributed by atoms with Crippen LogP contribution in [0.1, 0.15) is 31.4 Å². The van der Waals surface area contributed by atoms with Crippen molar-refractivity contribution in [1.29, 1.82) is 0 Å². The number of hydrogen-bond acceptors (Lipinski definition) is 3. The Balaban J connectivity index is 2.00. The van der Waals surface area contributed by atoms with Crippen molar-refractivity contribution in [3.05, 3.63) is 34.3 Å². The van der Waals surface area contributed by atoms with Crippen molar-refractivity contribution >= 4 is 15.9 Å². The molecule has 1 aliphatic heterocycles. The van der Waals surface area contributed by atoms with Crippen LogP contribution < -0.4 is 0 Å². The van der Waals surface area contributed by atoms with E-state index in [2.05, 4.69) is 27.8 Å². The van der Waals surface area contributed by atoms with Gasteiger partial charge < -0.3 is 10.2 Å². The molecule has 2 rings (SSSR count). The fourth-order valence-electron chi connectivity index (χ4n) is 2.87. The largest absolute Gasteiger partial charge is 0.395 e. The Kier molecular flexibility index (Phi) is 5.39. The van der Waals surface area contributed by atoms with Gasteiger partial charge in [0, 0.05) is 17.1 Å². The van der Waals surface area contributed by atoms with Gasteiger partial charge in [-0.25, -0.2) is 0 Å². The molecule has 1 aromatic rings. The van der Waals surface area contributed by atoms with Crippen molar-refractivity contribution < 1.29 is 10.2 Å². The zero-order valence-electron chi connectivity index (χ0n) is 11.3. The molecular weight excluding hydrogens is 306 g/mol. The number of aliphatic hydroxyl groups is 2. The summed E-state index contributed by atoms with van der Waals surface area (Å²) in [5.41, 5.74) is 0.929. The SMILES string of the molecule is C[C@@H]1CCCN(C[C@@H](O)c2ccc(Br)cc2)[C@H]1CO. The molecule has 1 fully saturated rings. The zero-order valence-corrected chi connectivity index (χ0v) is 12.9. The highest BCUT2D eigenvalue weighted by atomic mass is 79.9. The third-order valence-corrected chi connectivity index (χ3v) is 4.61. The van der Waals surface area contributed by atoms with E-state index < -0.39 is 6.10 Å². The normalized spacial score (nSPS) is 26.3. The predicted molar refractivity (Wildman–Crippen MR) is 79.9 cm³/mol. The Morgan fingerprint density at radius 3 is 2.68 bits per heavy atom. The second kappa shape index (κ2) is 6.84. The number of benzene rings is 1. The van der Waals surface area contributed by atoms with Gasteiger partial charge in [0.2, 0.25) is 0 Å². The fraction of sp³-hybridized carbons (Fsp3) is 0.600. The Morgan fingerprint density at radius 2 is 2.05 bits per heavy atom. The van der Waals surface area contributed by atoms with Gasteiger partial charge in [-0.15, -0.1) is 0 Å². The lowest BCUT2D eigenvalue weighted by atomic mass is 9.90. The summed E-state index contributed by atoms with van der Waals surface area (Å²) in [4.78, 5) is 2.22. The molecule has 19 heavy (non-hydrogen) atoms. The van der Waals surface area contributed by atoms with E-state index in [4.69, 9.17) is 0 Å². The van der Waals surface area contributed by atoms with Crippen molar-refractivity contribution in [2.45, 2.75) is 31.9 Å². The van der Waals surface area contributed by atoms with Gasteiger partial charge in [0.05, 0.1) is 12.7 Å². The number of nitrogens with zero attached hydrogens (tertiary/aromatic N) is 1. The molecule has 0 unspecified atom stereocenters. The van der Waals surface area contributed by atoms with Crippen LogP contribution >= 0.6 is 15.9 Å². The summed E-state index contributed by atoms with van der Waals surface area (Å²) in [7, 11) is 0. The first-order valence-electron chi connectivity index (χ1n) is 6.90. The summed E-state index contributed by atoms with van der Waals surface area (Å²) in [6, 6.07) is 7.95. The number of rotatable bonds is 4. The van der Waals surface area contributed by atoms with Gasteiger partial charge in [0.25, 0.3) is 0 Å². The first-order valence-corrected chi connectivity index (χ1v) is 7.69. The molecule has 0 aromatic heterocycles. The van der Waals surface area contributed by atoms with Crippen molar-refractivity contribution in [2.75, 3.05) is 19.7 Å². The summed E-state index contributed by atoms with van der Waals surface area (Å²) in [5.74, 6) is 0.496. The van der Waals surface area contributed by atoms with Crippen LogP contribution in [0.4, 0.5) is 0 Å². The lowest BCUT2D eigenvalue weighted by molar-refractivity contribution is 0.0166. The number of halogens is 1. The topological polar surface area (TPSA) is 43.7 Å². The molecule has 3 nitrogen and oxygen atoms in total. The summed E-state index contributed by atoms with van der Waals surface area (Å²) < 4.78 is 1.02. The highest BCUT2D eigenvalue weighted by Crippen LogP contribution is 2.26. The zero-order chi connectivity index (χ0) is 13.8. The standard InChI is InChI=1S/C15H22BrNO2/c1-11-3-2-8-17(14(11)10-18)9-15(19)12-4-6-13(16)7-5-12/h4-7,11,14-15,18-19H,2-3,8-10H2,1H3/t11-,14+,15-/m1/s1. The quantitative estimate of drug-likeness (QED) is 0.893. The van der Waals surface area contributed by atoms with Gasteiger partial charge in [-0.1, -0.05) is 35.0 Å². The van der Waals surface area contributed by atoms with Crippen LogP contribution in [0.5, 0.6) is 0 Å². The van der Waals surface area contributed by atoms with Crippen molar-refractivity contribution in [3.63, 3.8) is 0 Å². The number of β-amino-alcohol motifs (C(OH)–C–C–N with tert-alkyl or cyclic N) is 1. The molecule has 1 aromatic carbocycles. The molecule has 106 valence electrons. The average molecular weight is 328 g/mol. The summed E-state index contributed by atoms with van der Waals surface area (Å²) >= 11 is 3.40. The van der Waals surface area contributed by atoms with Gasteiger partial charge in [-0.3, -0.25) is 4.90 Å². The smallest absolute Gasteiger partial charge is 0.0917 e. The molecule has 0 aliphatic carbocycles. The van der Waals surface area contributed by atoms with E-state index in [1.54, 1.807) is 0 Å². The minimum atomic E-state index is -0.493. The van der Waals surface area contributed by atoms with E-state index in [1.807, 2.05) is 24.3 Å². The maximum atomic E-state index is 10.3. The van der Waals surface area contributed by atoms with Crippen LogP contribution in [0.15, 0.2) is 28.7 Å². The Morgan fingerprint density at radius 1 is 1.37 bits per heavy atom. The molecule has 0 amide bonds. The third kappa shape index (κ3) is 3.78. The second-order valence-electron chi connectivity index (χ2n) is 5.43. The fourth-order valence-corrected chi connectivity index (χ4v) is 3.13. The molecule has 2 N–H and O–H groups in total. The summed E-state index contributed by atoms with van der Waals surface area (Å²) in [6.07, 6.45) is 1.81. The van der Waals surface area contributed by atoms with E-state index in [0.29, 0.717) is 12.5 Å². The summed E-state index contributed by atoms with van der Waals surface area (Å²) in [6.45, 7) is 3.91. The molecule has 1 aliphatic rings. The first kappa shape index (κ1) is 15.0. The maximum Gasteiger partial charge on any atom is 0.0917 e. The van der Waals surface area contributed by atoms with E-state index in [0.717, 1.165) is 29.4 Å². The van der Waals surface area contributed by atoms with E-state index in [-0.39, 0.29) is 12.6 Å². The van der Waals surface area contributed by atoms with Gasteiger partial charge in [-0.2, -0.15) is 0 Å². The van der Waals surface area contributed by atoms with Crippen molar-refractivity contribution in [2.24, 2.45) is 5.92 Å². The van der Waals surface area contributed by atoms with Crippen molar-refractivity contribution in [1.82, 2.24) is 4.90 Å². The number of hydrogen-bond donors (Lipinski definition) is 2. The minimum absolute atomic E-state index is 0.175. The molecule has 0 spiro atoms. The van der Waals surface area contributed by atoms with E-state index >= 15 is 0 Å². The van der Waals surface area contributed by atoms with Crippen LogP contribution in [-0.2, 0) is 0 Å². The third-order valence-electron chi connectivity index (χ3n) is 4.08. The Hall–Kier alpha value is -0.420. The highest BCUT2D eigenvalue weighted by Gasteiger charge is 2.29. The molecule has 1 heterocycles. The van der Waals surface area contributed by atoms with Crippen LogP contribution in [0, 0.1) is 5.92 Å². The molecule has 0 saturated carbocycles. The minimum Gasteiger partial charge on any atom is -0.395 e. The molecule has 4 heteroatoms. The molecule has 1 saturated heterocycles. The Bertz CT molecular complexity index is 396. The predicted octanol–water partition coefficient (Wildman–Crippen LogP) is 2.58. The Labute approximate surface area is 123 Å². The maximum absolute atomic E-state index is 10.3. The second-order valence-corrected chi connectivity index (χ2v) is 6.35.